The highest BCUT2D eigenvalue weighted by Gasteiger charge is 2.01. The van der Waals surface area contributed by atoms with Crippen LogP contribution in [0.25, 0.3) is 6.08 Å². The monoisotopic (exact) mass is 215 g/mol. The van der Waals surface area contributed by atoms with Crippen LogP contribution < -0.4 is 0 Å². The van der Waals surface area contributed by atoms with Crippen LogP contribution in [0.2, 0.25) is 0 Å². The van der Waals surface area contributed by atoms with Gasteiger partial charge in [-0.3, -0.25) is 0 Å². The second-order valence-electron chi connectivity index (χ2n) is 3.62. The number of aliphatic carboxylic acids is 1. The maximum Gasteiger partial charge on any atom is 0.330 e. The number of carbonyl (C=O) groups is 1. The van der Waals surface area contributed by atoms with Crippen LogP contribution in [0.4, 0.5) is 0 Å². The molecule has 0 aliphatic rings. The minimum absolute atomic E-state index is 0.343. The lowest BCUT2D eigenvalue weighted by atomic mass is 10.1. The highest BCUT2D eigenvalue weighted by molar-refractivity contribution is 5.86. The highest BCUT2D eigenvalue weighted by Crippen LogP contribution is 2.10. The predicted octanol–water partition coefficient (Wildman–Crippen LogP) is 3.33. The van der Waals surface area contributed by atoms with Crippen LogP contribution in [0.15, 0.2) is 48.1 Å². The quantitative estimate of drug-likeness (QED) is 0.782. The van der Waals surface area contributed by atoms with E-state index in [0.29, 0.717) is 5.57 Å². The van der Waals surface area contributed by atoms with Crippen molar-refractivity contribution in [3.63, 3.8) is 0 Å². The number of rotatable bonds is 4. The van der Waals surface area contributed by atoms with Crippen molar-refractivity contribution in [2.45, 2.75) is 13.8 Å². The number of carboxylic acid groups (broad SMARTS) is 1. The summed E-state index contributed by atoms with van der Waals surface area (Å²) >= 11 is 0. The molecule has 1 N–H and O–H groups in total. The number of benzene rings is 1. The van der Waals surface area contributed by atoms with Crippen molar-refractivity contribution in [3.8, 4) is 0 Å². The van der Waals surface area contributed by atoms with Crippen LogP contribution in [0.1, 0.15) is 19.4 Å². The summed E-state index contributed by atoms with van der Waals surface area (Å²) in [6, 6.07) is 9.89. The molecule has 0 saturated carbocycles. The Labute approximate surface area is 95.9 Å². The zero-order valence-electron chi connectivity index (χ0n) is 9.47. The van der Waals surface area contributed by atoms with Crippen LogP contribution in [0.3, 0.4) is 0 Å². The lowest BCUT2D eigenvalue weighted by molar-refractivity contribution is -0.132. The molecule has 83 valence electrons. The molecule has 2 nitrogen and oxygen atoms in total. The Balaban J connectivity index is 2.65. The van der Waals surface area contributed by atoms with Gasteiger partial charge in [0.15, 0.2) is 0 Å². The first-order valence-electron chi connectivity index (χ1n) is 5.08. The first kappa shape index (κ1) is 12.2. The third-order valence-electron chi connectivity index (χ3n) is 2.12. The Morgan fingerprint density at radius 2 is 1.81 bits per heavy atom. The molecule has 0 unspecified atom stereocenters. The van der Waals surface area contributed by atoms with Gasteiger partial charge in [-0.2, -0.15) is 0 Å². The van der Waals surface area contributed by atoms with E-state index in [4.69, 9.17) is 5.11 Å². The SMILES string of the molecule is C[C](C=Cc1ccccc1)C=C(C)C(=O)O. The van der Waals surface area contributed by atoms with Crippen molar-refractivity contribution in [3.05, 3.63) is 59.5 Å². The summed E-state index contributed by atoms with van der Waals surface area (Å²) in [5.41, 5.74) is 1.44. The van der Waals surface area contributed by atoms with Gasteiger partial charge in [-0.1, -0.05) is 55.5 Å². The second-order valence-corrected chi connectivity index (χ2v) is 3.62. The summed E-state index contributed by atoms with van der Waals surface area (Å²) in [4.78, 5) is 10.6. The zero-order valence-corrected chi connectivity index (χ0v) is 9.47. The van der Waals surface area contributed by atoms with Crippen LogP contribution in [0.5, 0.6) is 0 Å². The van der Waals surface area contributed by atoms with E-state index >= 15 is 0 Å². The second kappa shape index (κ2) is 5.91. The molecule has 0 heterocycles. The summed E-state index contributed by atoms with van der Waals surface area (Å²) in [6.07, 6.45) is 5.52. The molecule has 0 atom stereocenters. The fraction of sp³-hybridized carbons (Fsp3) is 0.143. The molecule has 0 bridgehead atoms. The molecule has 0 aromatic heterocycles. The third kappa shape index (κ3) is 4.13. The molecule has 0 saturated heterocycles. The average Bonchev–Trinajstić information content (AvgIpc) is 2.27. The standard InChI is InChI=1S/C14H15O2/c1-11(10-12(2)14(15)16)8-9-13-6-4-3-5-7-13/h3-10H,1-2H3,(H,15,16). The zero-order chi connectivity index (χ0) is 12.0. The molecule has 16 heavy (non-hydrogen) atoms. The molecule has 0 aliphatic carbocycles. The molecule has 2 heteroatoms. The molecule has 0 aliphatic heterocycles. The van der Waals surface area contributed by atoms with Gasteiger partial charge in [0.25, 0.3) is 0 Å². The van der Waals surface area contributed by atoms with Gasteiger partial charge in [0.05, 0.1) is 0 Å². The van der Waals surface area contributed by atoms with E-state index in [1.54, 1.807) is 13.0 Å². The van der Waals surface area contributed by atoms with Crippen LogP contribution >= 0.6 is 0 Å². The summed E-state index contributed by atoms with van der Waals surface area (Å²) in [5, 5.41) is 8.71. The van der Waals surface area contributed by atoms with Gasteiger partial charge in [-0.05, 0) is 12.5 Å². The Morgan fingerprint density at radius 3 is 2.38 bits per heavy atom. The maximum atomic E-state index is 10.6. The van der Waals surface area contributed by atoms with E-state index in [1.807, 2.05) is 49.4 Å². The van der Waals surface area contributed by atoms with Gasteiger partial charge in [0.1, 0.15) is 0 Å². The molecule has 1 rings (SSSR count). The fourth-order valence-corrected chi connectivity index (χ4v) is 1.24. The summed E-state index contributed by atoms with van der Waals surface area (Å²) < 4.78 is 0. The van der Waals surface area contributed by atoms with Gasteiger partial charge in [-0.15, -0.1) is 0 Å². The van der Waals surface area contributed by atoms with E-state index < -0.39 is 5.97 Å². The molecule has 1 aromatic rings. The Bertz CT molecular complexity index is 402. The lowest BCUT2D eigenvalue weighted by Gasteiger charge is -1.99. The topological polar surface area (TPSA) is 37.3 Å². The van der Waals surface area contributed by atoms with Crippen molar-refractivity contribution in [2.24, 2.45) is 0 Å². The number of allylic oxidation sites excluding steroid dienone is 2. The molecule has 1 radical (unpaired) electrons. The van der Waals surface area contributed by atoms with Gasteiger partial charge in [-0.25, -0.2) is 4.79 Å². The summed E-state index contributed by atoms with van der Waals surface area (Å²) in [5.74, 6) is 0.0382. The Hall–Kier alpha value is -1.83. The summed E-state index contributed by atoms with van der Waals surface area (Å²) in [7, 11) is 0. The van der Waals surface area contributed by atoms with Crippen molar-refractivity contribution in [1.82, 2.24) is 0 Å². The molecule has 0 amide bonds. The number of hydrogen-bond donors (Lipinski definition) is 1. The van der Waals surface area contributed by atoms with E-state index in [1.165, 1.54) is 0 Å². The minimum atomic E-state index is -0.882. The van der Waals surface area contributed by atoms with Crippen LogP contribution in [-0.4, -0.2) is 11.1 Å². The Kier molecular flexibility index (Phi) is 4.52. The molecular weight excluding hydrogens is 200 g/mol. The predicted molar refractivity (Wildman–Crippen MR) is 65.8 cm³/mol. The number of hydrogen-bond acceptors (Lipinski definition) is 1. The van der Waals surface area contributed by atoms with Crippen LogP contribution in [-0.2, 0) is 4.79 Å². The Morgan fingerprint density at radius 1 is 1.19 bits per heavy atom. The summed E-state index contributed by atoms with van der Waals surface area (Å²) in [6.45, 7) is 3.47. The third-order valence-corrected chi connectivity index (χ3v) is 2.12. The van der Waals surface area contributed by atoms with E-state index in [0.717, 1.165) is 11.5 Å². The van der Waals surface area contributed by atoms with Crippen LogP contribution in [0, 0.1) is 5.92 Å². The van der Waals surface area contributed by atoms with Gasteiger partial charge in [0, 0.05) is 11.5 Å². The van der Waals surface area contributed by atoms with Gasteiger partial charge in [0.2, 0.25) is 0 Å². The smallest absolute Gasteiger partial charge is 0.330 e. The largest absolute Gasteiger partial charge is 0.478 e. The highest BCUT2D eigenvalue weighted by atomic mass is 16.4. The first-order valence-corrected chi connectivity index (χ1v) is 5.08. The van der Waals surface area contributed by atoms with Gasteiger partial charge < -0.3 is 5.11 Å². The number of carboxylic acids is 1. The van der Waals surface area contributed by atoms with Crippen molar-refractivity contribution in [1.29, 1.82) is 0 Å². The van der Waals surface area contributed by atoms with E-state index in [-0.39, 0.29) is 0 Å². The molecule has 0 spiro atoms. The van der Waals surface area contributed by atoms with Gasteiger partial charge >= 0.3 is 5.97 Å². The normalized spacial score (nSPS) is 12.3. The molecule has 1 aromatic carbocycles. The fourth-order valence-electron chi connectivity index (χ4n) is 1.24. The first-order chi connectivity index (χ1) is 7.59. The average molecular weight is 215 g/mol. The van der Waals surface area contributed by atoms with E-state index in [2.05, 4.69) is 0 Å². The minimum Gasteiger partial charge on any atom is -0.478 e. The lowest BCUT2D eigenvalue weighted by Crippen LogP contribution is -1.97. The van der Waals surface area contributed by atoms with Crippen molar-refractivity contribution in [2.75, 3.05) is 0 Å². The molecule has 0 fully saturated rings. The van der Waals surface area contributed by atoms with Crippen molar-refractivity contribution < 1.29 is 9.90 Å². The van der Waals surface area contributed by atoms with E-state index in [9.17, 15) is 4.79 Å². The maximum absolute atomic E-state index is 10.6. The molecular formula is C14H15O2. The van der Waals surface area contributed by atoms with Crippen molar-refractivity contribution >= 4 is 12.0 Å².